The number of nitrogens with zero attached hydrogens (tertiary/aromatic N) is 4. The molecule has 1 aliphatic rings. The van der Waals surface area contributed by atoms with Crippen molar-refractivity contribution in [2.45, 2.75) is 33.2 Å². The van der Waals surface area contributed by atoms with E-state index in [1.165, 1.54) is 17.5 Å². The number of aryl methyl sites for hydroxylation is 2. The first kappa shape index (κ1) is 24.6. The summed E-state index contributed by atoms with van der Waals surface area (Å²) in [5.74, 6) is 1.54. The van der Waals surface area contributed by atoms with Crippen LogP contribution in [0.3, 0.4) is 0 Å². The van der Waals surface area contributed by atoms with Crippen molar-refractivity contribution in [1.82, 2.24) is 19.9 Å². The minimum absolute atomic E-state index is 0.0198. The Hall–Kier alpha value is -3.50. The molecule has 3 N–H and O–H groups in total. The second-order valence-corrected chi connectivity index (χ2v) is 9.58. The molecule has 1 fully saturated rings. The highest BCUT2D eigenvalue weighted by molar-refractivity contribution is 7.17. The molecular formula is C24H26ClN7O2S. The van der Waals surface area contributed by atoms with Crippen LogP contribution in [-0.2, 0) is 4.79 Å². The van der Waals surface area contributed by atoms with Crippen LogP contribution in [0.2, 0.25) is 5.02 Å². The molecule has 0 aliphatic carbocycles. The lowest BCUT2D eigenvalue weighted by Crippen LogP contribution is -2.30. The Balaban J connectivity index is 1.40. The molecule has 0 radical (unpaired) electrons. The van der Waals surface area contributed by atoms with Crippen LogP contribution in [0.4, 0.5) is 22.5 Å². The van der Waals surface area contributed by atoms with Gasteiger partial charge in [0.1, 0.15) is 22.3 Å². The van der Waals surface area contributed by atoms with Crippen LogP contribution in [0.15, 0.2) is 42.6 Å². The van der Waals surface area contributed by atoms with E-state index in [4.69, 9.17) is 11.6 Å². The summed E-state index contributed by atoms with van der Waals surface area (Å²) in [6, 6.07) is 7.34. The highest BCUT2D eigenvalue weighted by Gasteiger charge is 2.25. The van der Waals surface area contributed by atoms with Crippen LogP contribution in [0, 0.1) is 13.8 Å². The van der Waals surface area contributed by atoms with Gasteiger partial charge in [0.05, 0.1) is 16.9 Å². The molecule has 1 atom stereocenters. The van der Waals surface area contributed by atoms with Crippen molar-refractivity contribution in [3.8, 4) is 0 Å². The van der Waals surface area contributed by atoms with Gasteiger partial charge in [-0.25, -0.2) is 15.0 Å². The van der Waals surface area contributed by atoms with Crippen molar-refractivity contribution in [1.29, 1.82) is 0 Å². The number of benzene rings is 1. The number of halogens is 1. The van der Waals surface area contributed by atoms with Gasteiger partial charge in [-0.2, -0.15) is 0 Å². The van der Waals surface area contributed by atoms with E-state index in [2.05, 4.69) is 30.9 Å². The summed E-state index contributed by atoms with van der Waals surface area (Å²) < 4.78 is 0. The van der Waals surface area contributed by atoms with E-state index in [0.29, 0.717) is 51.3 Å². The zero-order chi connectivity index (χ0) is 24.9. The molecule has 11 heteroatoms. The molecule has 1 unspecified atom stereocenters. The van der Waals surface area contributed by atoms with Gasteiger partial charge in [-0.3, -0.25) is 9.59 Å². The molecule has 182 valence electrons. The van der Waals surface area contributed by atoms with E-state index in [0.717, 1.165) is 12.0 Å². The number of carbonyl (C=O) groups excluding carboxylic acids is 2. The molecule has 3 heterocycles. The summed E-state index contributed by atoms with van der Waals surface area (Å²) in [6.45, 7) is 6.84. The zero-order valence-corrected chi connectivity index (χ0v) is 21.2. The number of nitrogens with one attached hydrogen (secondary N) is 3. The number of allylic oxidation sites excluding steroid dienone is 1. The Labute approximate surface area is 212 Å². The minimum Gasteiger partial charge on any atom is -0.365 e. The number of hydrogen-bond acceptors (Lipinski definition) is 8. The molecule has 0 saturated carbocycles. The minimum atomic E-state index is -0.286. The standard InChI is InChI=1S/C24H26ClN7O2S/c1-4-6-21(33)32-10-9-16(13-32)29-19-11-20(28-15(3)27-19)30-24-26-12-18(35-24)23(34)31-22-14(2)7-5-8-17(22)25/h4-8,11-12,16H,9-10,13H2,1-3H3,(H,31,34)(H2,26,27,28,29,30)/b6-4+. The molecule has 1 aromatic carbocycles. The number of likely N-dealkylation sites (tertiary alicyclic amines) is 1. The van der Waals surface area contributed by atoms with Crippen LogP contribution in [-0.4, -0.2) is 50.8 Å². The maximum Gasteiger partial charge on any atom is 0.267 e. The van der Waals surface area contributed by atoms with E-state index < -0.39 is 0 Å². The van der Waals surface area contributed by atoms with Gasteiger partial charge in [0.25, 0.3) is 5.91 Å². The van der Waals surface area contributed by atoms with Crippen molar-refractivity contribution in [2.75, 3.05) is 29.0 Å². The quantitative estimate of drug-likeness (QED) is 0.391. The van der Waals surface area contributed by atoms with Crippen LogP contribution in [0.1, 0.15) is 34.4 Å². The second-order valence-electron chi connectivity index (χ2n) is 8.14. The Morgan fingerprint density at radius 2 is 2.03 bits per heavy atom. The fraction of sp³-hybridized carbons (Fsp3) is 0.292. The first-order valence-corrected chi connectivity index (χ1v) is 12.3. The molecule has 35 heavy (non-hydrogen) atoms. The SMILES string of the molecule is C/C=C/C(=O)N1CCC(Nc2cc(Nc3ncc(C(=O)Nc4c(C)cccc4Cl)s3)nc(C)n2)C1. The van der Waals surface area contributed by atoms with Gasteiger partial charge in [0.2, 0.25) is 5.91 Å². The maximum absolute atomic E-state index is 12.7. The average Bonchev–Trinajstić information content (AvgIpc) is 3.46. The molecule has 1 aliphatic heterocycles. The summed E-state index contributed by atoms with van der Waals surface area (Å²) in [4.78, 5) is 40.2. The lowest BCUT2D eigenvalue weighted by atomic mass is 10.2. The Kier molecular flexibility index (Phi) is 7.62. The summed E-state index contributed by atoms with van der Waals surface area (Å²) in [7, 11) is 0. The highest BCUT2D eigenvalue weighted by atomic mass is 35.5. The van der Waals surface area contributed by atoms with Gasteiger partial charge in [-0.1, -0.05) is 41.1 Å². The molecule has 9 nitrogen and oxygen atoms in total. The Bertz CT molecular complexity index is 1260. The van der Waals surface area contributed by atoms with Gasteiger partial charge >= 0.3 is 0 Å². The summed E-state index contributed by atoms with van der Waals surface area (Å²) >= 11 is 7.43. The topological polar surface area (TPSA) is 112 Å². The third kappa shape index (κ3) is 6.14. The van der Waals surface area contributed by atoms with Gasteiger partial charge in [0.15, 0.2) is 5.13 Å². The van der Waals surface area contributed by atoms with E-state index in [9.17, 15) is 9.59 Å². The molecule has 1 saturated heterocycles. The Morgan fingerprint density at radius 3 is 2.80 bits per heavy atom. The summed E-state index contributed by atoms with van der Waals surface area (Å²) in [6.07, 6.45) is 5.68. The first-order chi connectivity index (χ1) is 16.8. The zero-order valence-electron chi connectivity index (χ0n) is 19.6. The number of hydrogen-bond donors (Lipinski definition) is 3. The molecular weight excluding hydrogens is 486 g/mol. The predicted octanol–water partition coefficient (Wildman–Crippen LogP) is 4.79. The van der Waals surface area contributed by atoms with Crippen LogP contribution in [0.5, 0.6) is 0 Å². The van der Waals surface area contributed by atoms with Gasteiger partial charge in [0, 0.05) is 25.2 Å². The van der Waals surface area contributed by atoms with Crippen molar-refractivity contribution >= 4 is 57.2 Å². The lowest BCUT2D eigenvalue weighted by molar-refractivity contribution is -0.125. The molecule has 2 amide bonds. The fourth-order valence-corrected chi connectivity index (χ4v) is 4.74. The largest absolute Gasteiger partial charge is 0.365 e. The van der Waals surface area contributed by atoms with Gasteiger partial charge < -0.3 is 20.9 Å². The third-order valence-electron chi connectivity index (χ3n) is 5.42. The predicted molar refractivity (Wildman–Crippen MR) is 140 cm³/mol. The number of anilines is 4. The van der Waals surface area contributed by atoms with Crippen LogP contribution >= 0.6 is 22.9 Å². The molecule has 0 spiro atoms. The first-order valence-electron chi connectivity index (χ1n) is 11.2. The Morgan fingerprint density at radius 1 is 1.23 bits per heavy atom. The maximum atomic E-state index is 12.7. The summed E-state index contributed by atoms with van der Waals surface area (Å²) in [5, 5.41) is 10.4. The lowest BCUT2D eigenvalue weighted by Gasteiger charge is -2.16. The molecule has 4 rings (SSSR count). The van der Waals surface area contributed by atoms with Crippen molar-refractivity contribution in [3.05, 3.63) is 63.9 Å². The number of rotatable bonds is 7. The molecule has 2 aromatic heterocycles. The van der Waals surface area contributed by atoms with Gasteiger partial charge in [-0.15, -0.1) is 0 Å². The number of thiazole rings is 1. The fourth-order valence-electron chi connectivity index (χ4n) is 3.75. The molecule has 3 aromatic rings. The van der Waals surface area contributed by atoms with E-state index in [1.807, 2.05) is 30.9 Å². The highest BCUT2D eigenvalue weighted by Crippen LogP contribution is 2.28. The van der Waals surface area contributed by atoms with Crippen LogP contribution in [0.25, 0.3) is 0 Å². The average molecular weight is 512 g/mol. The van der Waals surface area contributed by atoms with E-state index >= 15 is 0 Å². The van der Waals surface area contributed by atoms with Crippen molar-refractivity contribution < 1.29 is 9.59 Å². The number of para-hydroxylation sites is 1. The smallest absolute Gasteiger partial charge is 0.267 e. The second kappa shape index (κ2) is 10.8. The third-order valence-corrected chi connectivity index (χ3v) is 6.65. The van der Waals surface area contributed by atoms with Crippen molar-refractivity contribution in [3.63, 3.8) is 0 Å². The number of amides is 2. The summed E-state index contributed by atoms with van der Waals surface area (Å²) in [5.41, 5.74) is 1.46. The van der Waals surface area contributed by atoms with Crippen LogP contribution < -0.4 is 16.0 Å². The van der Waals surface area contributed by atoms with Crippen molar-refractivity contribution in [2.24, 2.45) is 0 Å². The van der Waals surface area contributed by atoms with Gasteiger partial charge in [-0.05, 0) is 44.9 Å². The normalized spacial score (nSPS) is 15.4. The number of aromatic nitrogens is 3. The molecule has 0 bridgehead atoms. The number of carbonyl (C=O) groups is 2. The monoisotopic (exact) mass is 511 g/mol. The van der Waals surface area contributed by atoms with E-state index in [1.54, 1.807) is 31.2 Å². The van der Waals surface area contributed by atoms with E-state index in [-0.39, 0.29) is 17.9 Å².